The molecule has 0 N–H and O–H groups in total. The average molecular weight is 447 g/mol. The van der Waals surface area contributed by atoms with Gasteiger partial charge in [0.15, 0.2) is 0 Å². The molecule has 0 atom stereocenters. The van der Waals surface area contributed by atoms with E-state index in [0.29, 0.717) is 30.2 Å². The first-order chi connectivity index (χ1) is 13.7. The quantitative estimate of drug-likeness (QED) is 0.691. The third-order valence-corrected chi connectivity index (χ3v) is 6.36. The molecule has 2 aliphatic rings. The molecule has 4 rings (SSSR count). The van der Waals surface area contributed by atoms with Crippen molar-refractivity contribution in [2.75, 3.05) is 26.2 Å². The van der Waals surface area contributed by atoms with Gasteiger partial charge < -0.3 is 9.32 Å². The monoisotopic (exact) mass is 446 g/mol. The minimum atomic E-state index is 0.335. The van der Waals surface area contributed by atoms with Crippen molar-refractivity contribution in [3.05, 3.63) is 34.6 Å². The zero-order valence-electron chi connectivity index (χ0n) is 16.1. The van der Waals surface area contributed by atoms with Gasteiger partial charge in [0.05, 0.1) is 6.54 Å². The van der Waals surface area contributed by atoms with E-state index in [4.69, 9.17) is 4.42 Å². The summed E-state index contributed by atoms with van der Waals surface area (Å²) in [6.07, 6.45) is 7.10. The maximum atomic E-state index is 12.6. The number of benzene rings is 1. The largest absolute Gasteiger partial charge is 0.419 e. The van der Waals surface area contributed by atoms with Gasteiger partial charge in [-0.2, -0.15) is 0 Å². The Balaban J connectivity index is 1.25. The molecule has 1 saturated carbocycles. The highest BCUT2D eigenvalue weighted by atomic mass is 79.9. The molecule has 1 aromatic heterocycles. The van der Waals surface area contributed by atoms with Gasteiger partial charge in [-0.3, -0.25) is 9.69 Å². The van der Waals surface area contributed by atoms with Crippen LogP contribution >= 0.6 is 15.9 Å². The fourth-order valence-electron chi connectivity index (χ4n) is 4.14. The number of rotatable bonds is 5. The number of piperazine rings is 1. The van der Waals surface area contributed by atoms with Gasteiger partial charge >= 0.3 is 0 Å². The van der Waals surface area contributed by atoms with E-state index in [1.54, 1.807) is 0 Å². The van der Waals surface area contributed by atoms with Crippen LogP contribution in [-0.4, -0.2) is 52.1 Å². The smallest absolute Gasteiger partial charge is 0.247 e. The third-order valence-electron chi connectivity index (χ3n) is 5.83. The minimum absolute atomic E-state index is 0.335. The molecular formula is C21H27BrN4O2. The Labute approximate surface area is 174 Å². The highest BCUT2D eigenvalue weighted by Gasteiger charge is 2.25. The van der Waals surface area contributed by atoms with Gasteiger partial charge in [-0.15, -0.1) is 10.2 Å². The van der Waals surface area contributed by atoms with E-state index < -0.39 is 0 Å². The van der Waals surface area contributed by atoms with Crippen molar-refractivity contribution in [1.29, 1.82) is 0 Å². The molecule has 6 nitrogen and oxygen atoms in total. The fraction of sp³-hybridized carbons (Fsp3) is 0.571. The van der Waals surface area contributed by atoms with Gasteiger partial charge in [-0.05, 0) is 43.0 Å². The first-order valence-electron chi connectivity index (χ1n) is 10.3. The number of halogens is 1. The second-order valence-corrected chi connectivity index (χ2v) is 8.79. The zero-order chi connectivity index (χ0) is 19.3. The van der Waals surface area contributed by atoms with Crippen LogP contribution < -0.4 is 0 Å². The number of amides is 1. The summed E-state index contributed by atoms with van der Waals surface area (Å²) in [5.74, 6) is 2.11. The van der Waals surface area contributed by atoms with Crippen molar-refractivity contribution in [3.63, 3.8) is 0 Å². The third kappa shape index (κ3) is 5.00. The molecule has 0 spiro atoms. The predicted molar refractivity (Wildman–Crippen MR) is 110 cm³/mol. The molecule has 1 aliphatic heterocycles. The number of nitrogens with zero attached hydrogens (tertiary/aromatic N) is 4. The molecule has 0 unspecified atom stereocenters. The van der Waals surface area contributed by atoms with Gasteiger partial charge in [-0.1, -0.05) is 35.2 Å². The van der Waals surface area contributed by atoms with Crippen molar-refractivity contribution in [1.82, 2.24) is 20.0 Å². The maximum absolute atomic E-state index is 12.6. The standard InChI is InChI=1S/C21H27BrN4O2/c22-18-8-6-17(7-9-18)21-24-23-19(28-21)15-25-10-12-26(13-11-25)20(27)14-16-4-2-1-3-5-16/h6-9,16H,1-5,10-15H2. The minimum Gasteiger partial charge on any atom is -0.419 e. The number of carbonyl (C=O) groups is 1. The van der Waals surface area contributed by atoms with Crippen molar-refractivity contribution in [2.45, 2.75) is 45.1 Å². The second-order valence-electron chi connectivity index (χ2n) is 7.87. The maximum Gasteiger partial charge on any atom is 0.247 e. The topological polar surface area (TPSA) is 62.5 Å². The molecule has 28 heavy (non-hydrogen) atoms. The summed E-state index contributed by atoms with van der Waals surface area (Å²) in [5, 5.41) is 8.36. The fourth-order valence-corrected chi connectivity index (χ4v) is 4.40. The molecule has 0 bridgehead atoms. The van der Waals surface area contributed by atoms with Gasteiger partial charge in [0, 0.05) is 42.6 Å². The second kappa shape index (κ2) is 9.18. The van der Waals surface area contributed by atoms with Crippen molar-refractivity contribution in [2.24, 2.45) is 5.92 Å². The summed E-state index contributed by atoms with van der Waals surface area (Å²) in [7, 11) is 0. The number of aromatic nitrogens is 2. The van der Waals surface area contributed by atoms with Crippen LogP contribution in [0.5, 0.6) is 0 Å². The van der Waals surface area contributed by atoms with E-state index in [0.717, 1.165) is 42.6 Å². The Morgan fingerprint density at radius 1 is 1.04 bits per heavy atom. The lowest BCUT2D eigenvalue weighted by molar-refractivity contribution is -0.134. The summed E-state index contributed by atoms with van der Waals surface area (Å²) in [6, 6.07) is 7.83. The van der Waals surface area contributed by atoms with Crippen LogP contribution in [0.2, 0.25) is 0 Å². The van der Waals surface area contributed by atoms with E-state index in [-0.39, 0.29) is 0 Å². The van der Waals surface area contributed by atoms with Gasteiger partial charge in [0.1, 0.15) is 0 Å². The first-order valence-corrected chi connectivity index (χ1v) is 11.0. The average Bonchev–Trinajstić information content (AvgIpc) is 3.18. The summed E-state index contributed by atoms with van der Waals surface area (Å²) in [5.41, 5.74) is 0.917. The van der Waals surface area contributed by atoms with Crippen LogP contribution in [0.1, 0.15) is 44.4 Å². The number of hydrogen-bond acceptors (Lipinski definition) is 5. The van der Waals surface area contributed by atoms with E-state index in [9.17, 15) is 4.79 Å². The summed E-state index contributed by atoms with van der Waals surface area (Å²) in [4.78, 5) is 16.9. The van der Waals surface area contributed by atoms with Crippen LogP contribution in [-0.2, 0) is 11.3 Å². The highest BCUT2D eigenvalue weighted by molar-refractivity contribution is 9.10. The lowest BCUT2D eigenvalue weighted by Gasteiger charge is -2.35. The Kier molecular flexibility index (Phi) is 6.42. The molecule has 1 aliphatic carbocycles. The van der Waals surface area contributed by atoms with E-state index in [2.05, 4.69) is 31.0 Å². The van der Waals surface area contributed by atoms with Gasteiger partial charge in [0.2, 0.25) is 17.7 Å². The van der Waals surface area contributed by atoms with Gasteiger partial charge in [0.25, 0.3) is 0 Å². The van der Waals surface area contributed by atoms with Crippen molar-refractivity contribution < 1.29 is 9.21 Å². The molecule has 0 radical (unpaired) electrons. The Morgan fingerprint density at radius 3 is 2.46 bits per heavy atom. The van der Waals surface area contributed by atoms with E-state index in [1.165, 1.54) is 32.1 Å². The highest BCUT2D eigenvalue weighted by Crippen LogP contribution is 2.27. The molecule has 2 aromatic rings. The molecular weight excluding hydrogens is 420 g/mol. The van der Waals surface area contributed by atoms with Crippen molar-refractivity contribution in [3.8, 4) is 11.5 Å². The van der Waals surface area contributed by atoms with Crippen LogP contribution in [0.15, 0.2) is 33.2 Å². The molecule has 2 heterocycles. The summed E-state index contributed by atoms with van der Waals surface area (Å²) < 4.78 is 6.85. The molecule has 2 fully saturated rings. The predicted octanol–water partition coefficient (Wildman–Crippen LogP) is 4.11. The lowest BCUT2D eigenvalue weighted by Crippen LogP contribution is -2.48. The van der Waals surface area contributed by atoms with E-state index in [1.807, 2.05) is 29.2 Å². The van der Waals surface area contributed by atoms with Gasteiger partial charge in [-0.25, -0.2) is 0 Å². The van der Waals surface area contributed by atoms with Crippen LogP contribution in [0.25, 0.3) is 11.5 Å². The SMILES string of the molecule is O=C(CC1CCCCC1)N1CCN(Cc2nnc(-c3ccc(Br)cc3)o2)CC1. The van der Waals surface area contributed by atoms with E-state index >= 15 is 0 Å². The normalized spacial score (nSPS) is 19.1. The number of carbonyl (C=O) groups excluding carboxylic acids is 1. The van der Waals surface area contributed by atoms with Crippen LogP contribution in [0.3, 0.4) is 0 Å². The molecule has 1 saturated heterocycles. The lowest BCUT2D eigenvalue weighted by atomic mass is 9.86. The Morgan fingerprint density at radius 2 is 1.75 bits per heavy atom. The molecule has 1 amide bonds. The molecule has 150 valence electrons. The summed E-state index contributed by atoms with van der Waals surface area (Å²) in [6.45, 7) is 3.92. The van der Waals surface area contributed by atoms with Crippen LogP contribution in [0.4, 0.5) is 0 Å². The number of hydrogen-bond donors (Lipinski definition) is 0. The Bertz CT molecular complexity index is 778. The summed E-state index contributed by atoms with van der Waals surface area (Å²) >= 11 is 3.43. The molecule has 7 heteroatoms. The first kappa shape index (κ1) is 19.6. The molecule has 1 aromatic carbocycles. The van der Waals surface area contributed by atoms with Crippen LogP contribution in [0, 0.1) is 5.92 Å². The Hall–Kier alpha value is -1.73. The zero-order valence-corrected chi connectivity index (χ0v) is 17.7. The van der Waals surface area contributed by atoms with Crippen molar-refractivity contribution >= 4 is 21.8 Å².